The number of rotatable bonds is 9. The Morgan fingerprint density at radius 2 is 1.83 bits per heavy atom. The summed E-state index contributed by atoms with van der Waals surface area (Å²) in [6, 6.07) is -0.0336. The molecule has 1 aromatic rings. The molecule has 1 saturated carbocycles. The van der Waals surface area contributed by atoms with Crippen LogP contribution in [0.5, 0.6) is 0 Å². The lowest BCUT2D eigenvalue weighted by Crippen LogP contribution is -2.45. The fraction of sp³-hybridized carbons (Fsp3) is 0.714. The van der Waals surface area contributed by atoms with Gasteiger partial charge in [0.1, 0.15) is 6.54 Å². The minimum absolute atomic E-state index is 0.0281. The van der Waals surface area contributed by atoms with Gasteiger partial charge >= 0.3 is 0 Å². The molecule has 0 spiro atoms. The van der Waals surface area contributed by atoms with Crippen molar-refractivity contribution in [3.8, 4) is 0 Å². The lowest BCUT2D eigenvalue weighted by molar-refractivity contribution is -0.141. The van der Waals surface area contributed by atoms with Crippen molar-refractivity contribution >= 4 is 34.2 Å². The highest BCUT2D eigenvalue weighted by Gasteiger charge is 2.29. The van der Waals surface area contributed by atoms with Crippen LogP contribution in [0, 0.1) is 5.92 Å². The van der Waals surface area contributed by atoms with E-state index in [2.05, 4.69) is 10.3 Å². The molecule has 0 bridgehead atoms. The molecule has 1 aliphatic carbocycles. The number of nitrogens with one attached hydrogen (secondary N) is 1. The van der Waals surface area contributed by atoms with Crippen molar-refractivity contribution in [1.29, 1.82) is 0 Å². The van der Waals surface area contributed by atoms with Crippen LogP contribution in [0.3, 0.4) is 0 Å². The first-order chi connectivity index (χ1) is 13.8. The van der Waals surface area contributed by atoms with E-state index in [0.717, 1.165) is 25.7 Å². The Labute approximate surface area is 177 Å². The summed E-state index contributed by atoms with van der Waals surface area (Å²) >= 11 is 1.30. The molecule has 0 atom stereocenters. The largest absolute Gasteiger partial charge is 0.343 e. The normalized spacial score (nSPS) is 14.7. The predicted molar refractivity (Wildman–Crippen MR) is 116 cm³/mol. The Bertz CT molecular complexity index is 694. The van der Waals surface area contributed by atoms with Crippen molar-refractivity contribution in [1.82, 2.24) is 14.8 Å². The van der Waals surface area contributed by atoms with Crippen molar-refractivity contribution < 1.29 is 14.4 Å². The van der Waals surface area contributed by atoms with Gasteiger partial charge in [0.25, 0.3) is 0 Å². The summed E-state index contributed by atoms with van der Waals surface area (Å²) in [5.74, 6) is -0.0999. The number of carbonyl (C=O) groups is 3. The van der Waals surface area contributed by atoms with Crippen LogP contribution in [0.4, 0.5) is 5.13 Å². The van der Waals surface area contributed by atoms with Gasteiger partial charge in [-0.25, -0.2) is 4.98 Å². The number of amides is 3. The number of hydrogen-bond donors (Lipinski definition) is 1. The SMILES string of the molecule is CCN(CC)C(=O)Cc1csc(NC(=O)CN(C(=O)C2CCCCC2)C(C)C)n1. The minimum atomic E-state index is -0.251. The number of likely N-dealkylation sites (N-methyl/N-ethyl adjacent to an activating group) is 1. The highest BCUT2D eigenvalue weighted by atomic mass is 32.1. The molecule has 0 aromatic carbocycles. The van der Waals surface area contributed by atoms with E-state index in [1.165, 1.54) is 17.8 Å². The van der Waals surface area contributed by atoms with Gasteiger partial charge < -0.3 is 15.1 Å². The second-order valence-electron chi connectivity index (χ2n) is 7.83. The molecule has 1 N–H and O–H groups in total. The molecule has 8 heteroatoms. The van der Waals surface area contributed by atoms with E-state index in [0.29, 0.717) is 23.9 Å². The summed E-state index contributed by atoms with van der Waals surface area (Å²) in [5, 5.41) is 5.05. The Kier molecular flexibility index (Phi) is 9.07. The number of thiazole rings is 1. The number of nitrogens with zero attached hydrogens (tertiary/aromatic N) is 3. The average molecular weight is 423 g/mol. The fourth-order valence-electron chi connectivity index (χ4n) is 3.70. The van der Waals surface area contributed by atoms with Crippen LogP contribution in [0.1, 0.15) is 65.5 Å². The monoisotopic (exact) mass is 422 g/mol. The van der Waals surface area contributed by atoms with Gasteiger partial charge in [-0.2, -0.15) is 0 Å². The van der Waals surface area contributed by atoms with E-state index in [4.69, 9.17) is 0 Å². The lowest BCUT2D eigenvalue weighted by Gasteiger charge is -2.31. The van der Waals surface area contributed by atoms with Gasteiger partial charge in [0, 0.05) is 30.4 Å². The highest BCUT2D eigenvalue weighted by Crippen LogP contribution is 2.26. The molecule has 0 saturated heterocycles. The third-order valence-corrected chi connectivity index (χ3v) is 6.23. The molecule has 3 amide bonds. The lowest BCUT2D eigenvalue weighted by atomic mass is 9.88. The number of anilines is 1. The Morgan fingerprint density at radius 1 is 1.17 bits per heavy atom. The van der Waals surface area contributed by atoms with Crippen LogP contribution in [0.25, 0.3) is 0 Å². The highest BCUT2D eigenvalue weighted by molar-refractivity contribution is 7.13. The van der Waals surface area contributed by atoms with Crippen LogP contribution >= 0.6 is 11.3 Å². The van der Waals surface area contributed by atoms with Gasteiger partial charge in [0.15, 0.2) is 5.13 Å². The van der Waals surface area contributed by atoms with Crippen molar-refractivity contribution in [2.45, 2.75) is 72.3 Å². The fourth-order valence-corrected chi connectivity index (χ4v) is 4.43. The Hall–Kier alpha value is -1.96. The van der Waals surface area contributed by atoms with Gasteiger partial charge in [0.05, 0.1) is 12.1 Å². The molecule has 1 aromatic heterocycles. The molecular weight excluding hydrogens is 388 g/mol. The van der Waals surface area contributed by atoms with Gasteiger partial charge in [-0.05, 0) is 40.5 Å². The summed E-state index contributed by atoms with van der Waals surface area (Å²) < 4.78 is 0. The van der Waals surface area contributed by atoms with Crippen LogP contribution in [-0.4, -0.2) is 58.2 Å². The molecule has 7 nitrogen and oxygen atoms in total. The molecule has 1 heterocycles. The molecular formula is C21H34N4O3S. The maximum Gasteiger partial charge on any atom is 0.245 e. The summed E-state index contributed by atoms with van der Waals surface area (Å²) in [7, 11) is 0. The second-order valence-corrected chi connectivity index (χ2v) is 8.69. The van der Waals surface area contributed by atoms with E-state index in [1.54, 1.807) is 15.2 Å². The maximum absolute atomic E-state index is 12.9. The molecule has 2 rings (SSSR count). The van der Waals surface area contributed by atoms with E-state index in [1.807, 2.05) is 27.7 Å². The second kappa shape index (κ2) is 11.3. The molecule has 0 aliphatic heterocycles. The summed E-state index contributed by atoms with van der Waals surface area (Å²) in [6.07, 6.45) is 5.42. The zero-order chi connectivity index (χ0) is 21.4. The smallest absolute Gasteiger partial charge is 0.245 e. The molecule has 1 fully saturated rings. The quantitative estimate of drug-likeness (QED) is 0.662. The van der Waals surface area contributed by atoms with Gasteiger partial charge in [-0.15, -0.1) is 11.3 Å². The average Bonchev–Trinajstić information content (AvgIpc) is 3.13. The summed E-state index contributed by atoms with van der Waals surface area (Å²) in [5.41, 5.74) is 0.654. The number of aromatic nitrogens is 1. The van der Waals surface area contributed by atoms with Crippen molar-refractivity contribution in [3.63, 3.8) is 0 Å². The van der Waals surface area contributed by atoms with Crippen LogP contribution in [-0.2, 0) is 20.8 Å². The maximum atomic E-state index is 12.9. The van der Waals surface area contributed by atoms with Crippen molar-refractivity contribution in [2.75, 3.05) is 25.0 Å². The molecule has 162 valence electrons. The number of carbonyl (C=O) groups excluding carboxylic acids is 3. The van der Waals surface area contributed by atoms with E-state index >= 15 is 0 Å². The third-order valence-electron chi connectivity index (χ3n) is 5.42. The zero-order valence-corrected chi connectivity index (χ0v) is 18.9. The van der Waals surface area contributed by atoms with E-state index in [9.17, 15) is 14.4 Å². The third kappa shape index (κ3) is 6.80. The van der Waals surface area contributed by atoms with Crippen LogP contribution in [0.15, 0.2) is 5.38 Å². The predicted octanol–water partition coefficient (Wildman–Crippen LogP) is 3.31. The Balaban J connectivity index is 1.92. The topological polar surface area (TPSA) is 82.6 Å². The van der Waals surface area contributed by atoms with Gasteiger partial charge in [-0.3, -0.25) is 14.4 Å². The summed E-state index contributed by atoms with van der Waals surface area (Å²) in [4.78, 5) is 45.4. The molecule has 0 radical (unpaired) electrons. The zero-order valence-electron chi connectivity index (χ0n) is 18.1. The minimum Gasteiger partial charge on any atom is -0.343 e. The van der Waals surface area contributed by atoms with Crippen molar-refractivity contribution in [2.24, 2.45) is 5.92 Å². The Morgan fingerprint density at radius 3 is 2.41 bits per heavy atom. The molecule has 1 aliphatic rings. The van der Waals surface area contributed by atoms with E-state index in [-0.39, 0.29) is 42.6 Å². The molecule has 29 heavy (non-hydrogen) atoms. The summed E-state index contributed by atoms with van der Waals surface area (Å²) in [6.45, 7) is 9.14. The van der Waals surface area contributed by atoms with Gasteiger partial charge in [0.2, 0.25) is 17.7 Å². The van der Waals surface area contributed by atoms with Crippen LogP contribution in [0.2, 0.25) is 0 Å². The first-order valence-electron chi connectivity index (χ1n) is 10.7. The first-order valence-corrected chi connectivity index (χ1v) is 11.6. The number of hydrogen-bond acceptors (Lipinski definition) is 5. The van der Waals surface area contributed by atoms with E-state index < -0.39 is 0 Å². The van der Waals surface area contributed by atoms with Crippen molar-refractivity contribution in [3.05, 3.63) is 11.1 Å². The van der Waals surface area contributed by atoms with Crippen LogP contribution < -0.4 is 5.32 Å². The molecule has 0 unspecified atom stereocenters. The first kappa shape index (κ1) is 23.3. The standard InChI is InChI=1S/C21H34N4O3S/c1-5-24(6-2)19(27)12-17-14-29-21(22-17)23-18(26)13-25(15(3)4)20(28)16-10-8-7-9-11-16/h14-16H,5-13H2,1-4H3,(H,22,23,26). The van der Waals surface area contributed by atoms with Gasteiger partial charge in [-0.1, -0.05) is 19.3 Å².